The Balaban J connectivity index is 1.38. The van der Waals surface area contributed by atoms with E-state index in [1.807, 2.05) is 0 Å². The molecule has 27 heavy (non-hydrogen) atoms. The van der Waals surface area contributed by atoms with E-state index in [2.05, 4.69) is 37.0 Å². The maximum Gasteiger partial charge on any atom is 0.290 e. The van der Waals surface area contributed by atoms with Crippen LogP contribution < -0.4 is 10.2 Å². The molecule has 3 saturated heterocycles. The summed E-state index contributed by atoms with van der Waals surface area (Å²) in [5.74, 6) is 0.328. The summed E-state index contributed by atoms with van der Waals surface area (Å²) < 4.78 is 0. The van der Waals surface area contributed by atoms with E-state index in [1.165, 1.54) is 0 Å². The third kappa shape index (κ3) is 4.31. The number of rotatable bonds is 3. The van der Waals surface area contributed by atoms with Gasteiger partial charge in [-0.15, -0.1) is 0 Å². The lowest BCUT2D eigenvalue weighted by Gasteiger charge is -2.42. The number of hydrogen-bond donors (Lipinski definition) is 1. The number of likely N-dealkylation sites (N-methyl/N-ethyl adjacent to an activating group) is 1. The maximum atomic E-state index is 11.7. The van der Waals surface area contributed by atoms with Gasteiger partial charge in [0.1, 0.15) is 0 Å². The number of imide groups is 1. The van der Waals surface area contributed by atoms with E-state index >= 15 is 0 Å². The lowest BCUT2D eigenvalue weighted by Crippen LogP contribution is -2.52. The molecule has 144 valence electrons. The molecule has 8 nitrogen and oxygen atoms in total. The number of piperazine rings is 1. The van der Waals surface area contributed by atoms with E-state index in [0.29, 0.717) is 22.6 Å². The smallest absolute Gasteiger partial charge is 0.290 e. The number of nitrogens with zero attached hydrogens (tertiary/aromatic N) is 5. The molecule has 0 unspecified atom stereocenters. The minimum atomic E-state index is -0.363. The first kappa shape index (κ1) is 18.4. The average molecular weight is 388 g/mol. The molecule has 0 bridgehead atoms. The summed E-state index contributed by atoms with van der Waals surface area (Å²) in [6.07, 6.45) is 5.59. The van der Waals surface area contributed by atoms with E-state index in [-0.39, 0.29) is 11.1 Å². The monoisotopic (exact) mass is 388 g/mol. The van der Waals surface area contributed by atoms with Crippen molar-refractivity contribution in [3.63, 3.8) is 0 Å². The molecule has 4 rings (SSSR count). The molecule has 2 amide bonds. The number of amides is 2. The van der Waals surface area contributed by atoms with Gasteiger partial charge in [-0.25, -0.2) is 9.97 Å². The topological polar surface area (TPSA) is 81.7 Å². The summed E-state index contributed by atoms with van der Waals surface area (Å²) in [5, 5.41) is 1.92. The van der Waals surface area contributed by atoms with Gasteiger partial charge in [-0.1, -0.05) is 0 Å². The van der Waals surface area contributed by atoms with Gasteiger partial charge in [-0.2, -0.15) is 0 Å². The number of carbonyl (C=O) groups is 2. The fourth-order valence-electron chi connectivity index (χ4n) is 3.77. The number of piperidine rings is 1. The van der Waals surface area contributed by atoms with Gasteiger partial charge in [0.05, 0.1) is 10.6 Å². The molecule has 1 aromatic heterocycles. The van der Waals surface area contributed by atoms with Gasteiger partial charge < -0.3 is 9.80 Å². The zero-order valence-electron chi connectivity index (χ0n) is 15.4. The largest absolute Gasteiger partial charge is 0.341 e. The quantitative estimate of drug-likeness (QED) is 0.769. The summed E-state index contributed by atoms with van der Waals surface area (Å²) in [6.45, 7) is 6.47. The molecule has 3 aliphatic heterocycles. The number of aromatic nitrogens is 2. The van der Waals surface area contributed by atoms with Crippen molar-refractivity contribution < 1.29 is 9.59 Å². The van der Waals surface area contributed by atoms with E-state index in [1.54, 1.807) is 18.3 Å². The Hall–Kier alpha value is -1.97. The minimum Gasteiger partial charge on any atom is -0.341 e. The van der Waals surface area contributed by atoms with Crippen LogP contribution in [0.25, 0.3) is 6.08 Å². The van der Waals surface area contributed by atoms with Gasteiger partial charge in [0.25, 0.3) is 11.1 Å². The Morgan fingerprint density at radius 1 is 1.15 bits per heavy atom. The fraction of sp³-hybridized carbons (Fsp3) is 0.556. The van der Waals surface area contributed by atoms with E-state index in [0.717, 1.165) is 63.9 Å². The Morgan fingerprint density at radius 3 is 2.56 bits per heavy atom. The highest BCUT2D eigenvalue weighted by molar-refractivity contribution is 8.18. The van der Waals surface area contributed by atoms with Crippen LogP contribution in [0.2, 0.25) is 0 Å². The first-order valence-corrected chi connectivity index (χ1v) is 10.2. The van der Waals surface area contributed by atoms with Crippen LogP contribution in [-0.4, -0.2) is 83.3 Å². The Morgan fingerprint density at radius 2 is 1.89 bits per heavy atom. The van der Waals surface area contributed by atoms with Gasteiger partial charge >= 0.3 is 0 Å². The predicted molar refractivity (Wildman–Crippen MR) is 105 cm³/mol. The van der Waals surface area contributed by atoms with Gasteiger partial charge in [-0.3, -0.25) is 19.8 Å². The molecule has 0 atom stereocenters. The van der Waals surface area contributed by atoms with Crippen LogP contribution in [-0.2, 0) is 4.79 Å². The van der Waals surface area contributed by atoms with Gasteiger partial charge in [0, 0.05) is 51.5 Å². The van der Waals surface area contributed by atoms with E-state index < -0.39 is 0 Å². The van der Waals surface area contributed by atoms with Crippen molar-refractivity contribution in [1.82, 2.24) is 25.1 Å². The van der Waals surface area contributed by atoms with Crippen molar-refractivity contribution in [1.29, 1.82) is 0 Å². The molecule has 3 fully saturated rings. The number of thioether (sulfide) groups is 1. The van der Waals surface area contributed by atoms with Crippen molar-refractivity contribution >= 4 is 34.9 Å². The second-order valence-electron chi connectivity index (χ2n) is 7.19. The molecule has 0 aliphatic carbocycles. The van der Waals surface area contributed by atoms with Crippen LogP contribution in [0.15, 0.2) is 17.2 Å². The molecule has 0 aromatic carbocycles. The number of hydrogen-bond acceptors (Lipinski definition) is 8. The highest BCUT2D eigenvalue weighted by Gasteiger charge is 2.28. The molecular weight excluding hydrogens is 364 g/mol. The maximum absolute atomic E-state index is 11.7. The first-order chi connectivity index (χ1) is 13.1. The highest BCUT2D eigenvalue weighted by Crippen LogP contribution is 2.26. The van der Waals surface area contributed by atoms with Crippen molar-refractivity contribution in [3.05, 3.63) is 22.9 Å². The van der Waals surface area contributed by atoms with Crippen LogP contribution in [0.5, 0.6) is 0 Å². The molecule has 4 heterocycles. The average Bonchev–Trinajstić information content (AvgIpc) is 3.00. The normalized spacial score (nSPS) is 24.6. The Bertz CT molecular complexity index is 754. The molecule has 9 heteroatoms. The van der Waals surface area contributed by atoms with E-state index in [9.17, 15) is 9.59 Å². The summed E-state index contributed by atoms with van der Waals surface area (Å²) in [5.41, 5.74) is 0.647. The third-order valence-electron chi connectivity index (χ3n) is 5.39. The van der Waals surface area contributed by atoms with Crippen molar-refractivity contribution in [3.8, 4) is 0 Å². The van der Waals surface area contributed by atoms with Crippen molar-refractivity contribution in [2.24, 2.45) is 0 Å². The number of nitrogens with one attached hydrogen (secondary N) is 1. The number of anilines is 1. The zero-order chi connectivity index (χ0) is 18.8. The molecule has 0 radical (unpaired) electrons. The van der Waals surface area contributed by atoms with E-state index in [4.69, 9.17) is 0 Å². The molecule has 3 aliphatic rings. The summed E-state index contributed by atoms with van der Waals surface area (Å²) in [4.78, 5) is 39.6. The van der Waals surface area contributed by atoms with Gasteiger partial charge in [0.2, 0.25) is 5.95 Å². The lowest BCUT2D eigenvalue weighted by atomic mass is 10.0. The highest BCUT2D eigenvalue weighted by atomic mass is 32.2. The lowest BCUT2D eigenvalue weighted by molar-refractivity contribution is -0.115. The summed E-state index contributed by atoms with van der Waals surface area (Å²) in [7, 11) is 2.18. The second kappa shape index (κ2) is 7.95. The minimum absolute atomic E-state index is 0.341. The third-order valence-corrected chi connectivity index (χ3v) is 6.20. The molecule has 1 aromatic rings. The van der Waals surface area contributed by atoms with Crippen molar-refractivity contribution in [2.45, 2.75) is 18.9 Å². The molecule has 0 spiro atoms. The molecular formula is C18H24N6O2S. The van der Waals surface area contributed by atoms with Crippen LogP contribution in [0.1, 0.15) is 18.5 Å². The number of carbonyl (C=O) groups excluding carboxylic acids is 2. The van der Waals surface area contributed by atoms with Gasteiger partial charge in [-0.05, 0) is 43.8 Å². The van der Waals surface area contributed by atoms with Crippen LogP contribution in [0, 0.1) is 0 Å². The summed E-state index contributed by atoms with van der Waals surface area (Å²) in [6, 6.07) is 2.40. The second-order valence-corrected chi connectivity index (χ2v) is 8.21. The molecule has 0 saturated carbocycles. The molecule has 1 N–H and O–H groups in total. The SMILES string of the molecule is CN1CCN(C2CCN(c3nccc(C=C4SC(=O)NC4=O)n3)CC2)CC1. The standard InChI is InChI=1S/C18H24N6O2S/c1-22-8-10-23(11-9-22)14-3-6-24(7-4-14)17-19-5-2-13(20-17)12-15-16(25)21-18(26)27-15/h2,5,12,14H,3-4,6-11H2,1H3,(H,21,25,26). The van der Waals surface area contributed by atoms with Crippen LogP contribution >= 0.6 is 11.8 Å². The summed E-state index contributed by atoms with van der Waals surface area (Å²) >= 11 is 0.905. The van der Waals surface area contributed by atoms with Gasteiger partial charge in [0.15, 0.2) is 0 Å². The Labute approximate surface area is 163 Å². The predicted octanol–water partition coefficient (Wildman–Crippen LogP) is 1.02. The first-order valence-electron chi connectivity index (χ1n) is 9.34. The van der Waals surface area contributed by atoms with Crippen LogP contribution in [0.3, 0.4) is 0 Å². The fourth-order valence-corrected chi connectivity index (χ4v) is 4.43. The van der Waals surface area contributed by atoms with Crippen LogP contribution in [0.4, 0.5) is 10.7 Å². The van der Waals surface area contributed by atoms with Crippen molar-refractivity contribution in [2.75, 3.05) is 51.2 Å². The Kier molecular flexibility index (Phi) is 5.42. The zero-order valence-corrected chi connectivity index (χ0v) is 16.2.